The first-order valence-electron chi connectivity index (χ1n) is 7.23. The van der Waals surface area contributed by atoms with Gasteiger partial charge < -0.3 is 9.40 Å². The van der Waals surface area contributed by atoms with Crippen LogP contribution >= 0.6 is 0 Å². The lowest BCUT2D eigenvalue weighted by atomic mass is 10.1. The molecule has 3 rings (SSSR count). The zero-order chi connectivity index (χ0) is 16.2. The molecular weight excluding hydrogens is 294 g/mol. The van der Waals surface area contributed by atoms with Gasteiger partial charge in [0, 0.05) is 18.3 Å². The highest BCUT2D eigenvalue weighted by molar-refractivity contribution is 6.07. The summed E-state index contributed by atoms with van der Waals surface area (Å²) in [7, 11) is 0. The average Bonchev–Trinajstić information content (AvgIpc) is 3.21. The molecule has 0 spiro atoms. The van der Waals surface area contributed by atoms with Crippen molar-refractivity contribution in [1.29, 1.82) is 0 Å². The van der Waals surface area contributed by atoms with Gasteiger partial charge in [-0.1, -0.05) is 17.8 Å². The van der Waals surface area contributed by atoms with E-state index in [0.29, 0.717) is 12.6 Å². The van der Waals surface area contributed by atoms with Crippen LogP contribution in [0.15, 0.2) is 42.9 Å². The molecule has 3 aromatic heterocycles. The van der Waals surface area contributed by atoms with E-state index < -0.39 is 0 Å². The van der Waals surface area contributed by atoms with Crippen LogP contribution in [-0.2, 0) is 11.4 Å². The summed E-state index contributed by atoms with van der Waals surface area (Å²) in [5.41, 5.74) is 3.31. The fourth-order valence-corrected chi connectivity index (χ4v) is 2.36. The second-order valence-electron chi connectivity index (χ2n) is 4.81. The number of hydrogen-bond acceptors (Lipinski definition) is 6. The van der Waals surface area contributed by atoms with Crippen LogP contribution in [0.5, 0.6) is 0 Å². The van der Waals surface area contributed by atoms with Crippen LogP contribution in [0.1, 0.15) is 19.4 Å². The highest BCUT2D eigenvalue weighted by Gasteiger charge is 2.17. The molecule has 0 bridgehead atoms. The minimum atomic E-state index is 0.359. The minimum Gasteiger partial charge on any atom is -0.391 e. The van der Waals surface area contributed by atoms with Crippen molar-refractivity contribution in [2.45, 2.75) is 20.4 Å². The summed E-state index contributed by atoms with van der Waals surface area (Å²) >= 11 is 0. The number of oxime groups is 1. The molecule has 0 radical (unpaired) electrons. The van der Waals surface area contributed by atoms with Crippen LogP contribution in [0.2, 0.25) is 0 Å². The molecule has 23 heavy (non-hydrogen) atoms. The molecule has 0 aliphatic heterocycles. The number of hydrogen-bond donors (Lipinski definition) is 0. The van der Waals surface area contributed by atoms with Crippen LogP contribution in [0.25, 0.3) is 17.0 Å². The van der Waals surface area contributed by atoms with Crippen molar-refractivity contribution < 1.29 is 4.84 Å². The van der Waals surface area contributed by atoms with Gasteiger partial charge in [-0.3, -0.25) is 4.98 Å². The Balaban J connectivity index is 2.17. The molecule has 0 aromatic carbocycles. The Bertz CT molecular complexity index is 848. The Labute approximate surface area is 133 Å². The zero-order valence-electron chi connectivity index (χ0n) is 13.0. The van der Waals surface area contributed by atoms with Crippen molar-refractivity contribution in [1.82, 2.24) is 29.3 Å². The predicted octanol–water partition coefficient (Wildman–Crippen LogP) is 1.96. The molecule has 0 saturated heterocycles. The van der Waals surface area contributed by atoms with Gasteiger partial charge in [0.25, 0.3) is 0 Å². The number of aryl methyl sites for hydroxylation is 1. The van der Waals surface area contributed by atoms with E-state index in [1.807, 2.05) is 18.4 Å². The summed E-state index contributed by atoms with van der Waals surface area (Å²) in [6, 6.07) is 0. The molecule has 8 nitrogen and oxygen atoms in total. The summed E-state index contributed by atoms with van der Waals surface area (Å²) in [5.74, 6) is 0.689. The number of fused-ring (bicyclic) bond motifs is 1. The smallest absolute Gasteiger partial charge is 0.233 e. The number of nitrogens with zero attached hydrogens (tertiary/aromatic N) is 7. The van der Waals surface area contributed by atoms with Gasteiger partial charge in [0.1, 0.15) is 24.8 Å². The highest BCUT2D eigenvalue weighted by Crippen LogP contribution is 2.22. The summed E-state index contributed by atoms with van der Waals surface area (Å²) < 4.78 is 3.68. The van der Waals surface area contributed by atoms with E-state index in [4.69, 9.17) is 4.84 Å². The third kappa shape index (κ3) is 2.70. The fraction of sp³-hybridized carbons (Fsp3) is 0.267. The van der Waals surface area contributed by atoms with Crippen LogP contribution in [-0.4, -0.2) is 41.6 Å². The summed E-state index contributed by atoms with van der Waals surface area (Å²) in [6.07, 6.45) is 8.23. The largest absolute Gasteiger partial charge is 0.391 e. The SMILES string of the molecule is C=CCON=C(C)c1cncc2nc(-n3cncn3)n(CC)c12. The van der Waals surface area contributed by atoms with Crippen molar-refractivity contribution in [3.8, 4) is 5.95 Å². The van der Waals surface area contributed by atoms with E-state index >= 15 is 0 Å². The highest BCUT2D eigenvalue weighted by atomic mass is 16.6. The first-order chi connectivity index (χ1) is 11.3. The zero-order valence-corrected chi connectivity index (χ0v) is 13.0. The van der Waals surface area contributed by atoms with Gasteiger partial charge in [0.2, 0.25) is 5.95 Å². The summed E-state index contributed by atoms with van der Waals surface area (Å²) in [6.45, 7) is 8.61. The lowest BCUT2D eigenvalue weighted by Crippen LogP contribution is -2.08. The molecule has 0 saturated carbocycles. The van der Waals surface area contributed by atoms with Crippen LogP contribution in [0, 0.1) is 0 Å². The molecule has 3 heterocycles. The number of imidazole rings is 1. The molecule has 0 aliphatic rings. The van der Waals surface area contributed by atoms with Crippen LogP contribution < -0.4 is 0 Å². The number of pyridine rings is 1. The second kappa shape index (κ2) is 6.39. The Morgan fingerprint density at radius 3 is 2.96 bits per heavy atom. The molecule has 0 amide bonds. The molecule has 0 fully saturated rings. The standard InChI is InChI=1S/C15H17N7O/c1-4-6-23-20-11(3)12-7-16-8-13-14(12)21(5-2)15(19-13)22-10-17-9-18-22/h4,7-10H,1,5-6H2,2-3H3. The monoisotopic (exact) mass is 311 g/mol. The van der Waals surface area contributed by atoms with Crippen LogP contribution in [0.4, 0.5) is 0 Å². The molecule has 0 N–H and O–H groups in total. The third-order valence-corrected chi connectivity index (χ3v) is 3.35. The van der Waals surface area contributed by atoms with E-state index in [-0.39, 0.29) is 0 Å². The molecule has 0 aliphatic carbocycles. The Morgan fingerprint density at radius 2 is 2.26 bits per heavy atom. The maximum atomic E-state index is 5.19. The predicted molar refractivity (Wildman–Crippen MR) is 86.5 cm³/mol. The normalized spacial score (nSPS) is 11.8. The fourth-order valence-electron chi connectivity index (χ4n) is 2.36. The number of aromatic nitrogens is 6. The molecule has 3 aromatic rings. The van der Waals surface area contributed by atoms with E-state index in [2.05, 4.69) is 31.8 Å². The second-order valence-corrected chi connectivity index (χ2v) is 4.81. The quantitative estimate of drug-likeness (QED) is 0.301. The Kier molecular flexibility index (Phi) is 4.13. The summed E-state index contributed by atoms with van der Waals surface area (Å²) in [5, 5.41) is 8.27. The average molecular weight is 311 g/mol. The lowest BCUT2D eigenvalue weighted by Gasteiger charge is -2.08. The van der Waals surface area contributed by atoms with Crippen molar-refractivity contribution in [2.24, 2.45) is 5.16 Å². The number of rotatable bonds is 6. The Morgan fingerprint density at radius 1 is 1.39 bits per heavy atom. The van der Waals surface area contributed by atoms with Gasteiger partial charge in [-0.25, -0.2) is 9.97 Å². The molecular formula is C15H17N7O. The van der Waals surface area contributed by atoms with Gasteiger partial charge in [0.05, 0.1) is 17.4 Å². The maximum absolute atomic E-state index is 5.19. The Hall–Kier alpha value is -3.03. The van der Waals surface area contributed by atoms with Crippen molar-refractivity contribution >= 4 is 16.7 Å². The van der Waals surface area contributed by atoms with Crippen LogP contribution in [0.3, 0.4) is 0 Å². The first-order valence-corrected chi connectivity index (χ1v) is 7.23. The lowest BCUT2D eigenvalue weighted by molar-refractivity contribution is 0.175. The van der Waals surface area contributed by atoms with Crippen molar-refractivity contribution in [2.75, 3.05) is 6.61 Å². The molecule has 8 heteroatoms. The van der Waals surface area contributed by atoms with E-state index in [1.54, 1.807) is 29.5 Å². The first kappa shape index (κ1) is 14.9. The molecule has 0 atom stereocenters. The van der Waals surface area contributed by atoms with Gasteiger partial charge >= 0.3 is 0 Å². The third-order valence-electron chi connectivity index (χ3n) is 3.35. The van der Waals surface area contributed by atoms with E-state index in [1.165, 1.54) is 6.33 Å². The molecule has 118 valence electrons. The summed E-state index contributed by atoms with van der Waals surface area (Å²) in [4.78, 5) is 18.0. The topological polar surface area (TPSA) is 83.0 Å². The van der Waals surface area contributed by atoms with Crippen molar-refractivity contribution in [3.05, 3.63) is 43.3 Å². The van der Waals surface area contributed by atoms with Gasteiger partial charge in [0.15, 0.2) is 0 Å². The van der Waals surface area contributed by atoms with Crippen molar-refractivity contribution in [3.63, 3.8) is 0 Å². The van der Waals surface area contributed by atoms with Gasteiger partial charge in [-0.15, -0.1) is 0 Å². The van der Waals surface area contributed by atoms with E-state index in [9.17, 15) is 0 Å². The minimum absolute atomic E-state index is 0.359. The van der Waals surface area contributed by atoms with E-state index in [0.717, 1.165) is 28.9 Å². The van der Waals surface area contributed by atoms with Gasteiger partial charge in [-0.05, 0) is 13.8 Å². The maximum Gasteiger partial charge on any atom is 0.233 e. The molecule has 0 unspecified atom stereocenters. The van der Waals surface area contributed by atoms with Gasteiger partial charge in [-0.2, -0.15) is 9.78 Å².